The zero-order valence-corrected chi connectivity index (χ0v) is 14.8. The molecule has 0 bridgehead atoms. The SMILES string of the molecule is CO[Si](OC(C)C)(OC(C)C)C(F)(F)Oc1ccc(F)c(F)c1F. The zero-order valence-electron chi connectivity index (χ0n) is 13.8. The van der Waals surface area contributed by atoms with E-state index in [0.717, 1.165) is 7.11 Å². The van der Waals surface area contributed by atoms with E-state index < -0.39 is 49.9 Å². The smallest absolute Gasteiger partial charge is 0.427 e. The molecule has 0 N–H and O–H groups in total. The third kappa shape index (κ3) is 4.44. The van der Waals surface area contributed by atoms with Gasteiger partial charge in [0.25, 0.3) is 0 Å². The highest BCUT2D eigenvalue weighted by atomic mass is 28.4. The van der Waals surface area contributed by atoms with Gasteiger partial charge in [-0.1, -0.05) is 0 Å². The Morgan fingerprint density at radius 1 is 0.917 bits per heavy atom. The Balaban J connectivity index is 3.27. The van der Waals surface area contributed by atoms with E-state index in [2.05, 4.69) is 4.74 Å². The van der Waals surface area contributed by atoms with Gasteiger partial charge in [0.15, 0.2) is 17.4 Å². The zero-order chi connectivity index (χ0) is 18.7. The third-order valence-electron chi connectivity index (χ3n) is 2.64. The molecular formula is C14H19F5O4Si. The van der Waals surface area contributed by atoms with Crippen molar-refractivity contribution < 1.29 is 40.0 Å². The monoisotopic (exact) mass is 374 g/mol. The van der Waals surface area contributed by atoms with E-state index >= 15 is 0 Å². The van der Waals surface area contributed by atoms with Gasteiger partial charge in [-0.15, -0.1) is 0 Å². The summed E-state index contributed by atoms with van der Waals surface area (Å²) in [7, 11) is -3.86. The molecule has 10 heteroatoms. The van der Waals surface area contributed by atoms with Gasteiger partial charge in [-0.3, -0.25) is 0 Å². The van der Waals surface area contributed by atoms with Crippen molar-refractivity contribution in [1.82, 2.24) is 0 Å². The van der Waals surface area contributed by atoms with Gasteiger partial charge >= 0.3 is 14.5 Å². The molecule has 1 rings (SSSR count). The number of benzene rings is 1. The Labute approximate surface area is 137 Å². The molecule has 0 aromatic heterocycles. The molecule has 1 aromatic rings. The summed E-state index contributed by atoms with van der Waals surface area (Å²) in [5.74, 6) is -6.53. The van der Waals surface area contributed by atoms with Gasteiger partial charge in [0.2, 0.25) is 5.82 Å². The molecular weight excluding hydrogens is 355 g/mol. The second kappa shape index (κ2) is 7.77. The molecule has 0 unspecified atom stereocenters. The topological polar surface area (TPSA) is 36.9 Å². The Morgan fingerprint density at radius 3 is 1.83 bits per heavy atom. The van der Waals surface area contributed by atoms with Crippen LogP contribution in [0.2, 0.25) is 0 Å². The van der Waals surface area contributed by atoms with Crippen LogP contribution in [0.1, 0.15) is 27.7 Å². The minimum absolute atomic E-state index is 0.465. The van der Waals surface area contributed by atoms with Crippen molar-refractivity contribution in [2.45, 2.75) is 45.6 Å². The van der Waals surface area contributed by atoms with E-state index in [1.54, 1.807) is 0 Å². The Bertz CT molecular complexity index is 558. The Hall–Kier alpha value is -1.23. The van der Waals surface area contributed by atoms with Gasteiger partial charge in [0, 0.05) is 19.3 Å². The first-order valence-corrected chi connectivity index (χ1v) is 8.79. The number of hydrogen-bond acceptors (Lipinski definition) is 4. The van der Waals surface area contributed by atoms with Crippen molar-refractivity contribution in [3.8, 4) is 5.75 Å². The van der Waals surface area contributed by atoms with Crippen LogP contribution in [0.25, 0.3) is 0 Å². The summed E-state index contributed by atoms with van der Waals surface area (Å²) in [5, 5.41) is 0. The molecule has 0 saturated heterocycles. The molecule has 0 fully saturated rings. The van der Waals surface area contributed by atoms with E-state index in [9.17, 15) is 22.0 Å². The lowest BCUT2D eigenvalue weighted by Crippen LogP contribution is -2.64. The fourth-order valence-electron chi connectivity index (χ4n) is 1.79. The van der Waals surface area contributed by atoms with Gasteiger partial charge in [-0.05, 0) is 39.8 Å². The first-order chi connectivity index (χ1) is 11.0. The van der Waals surface area contributed by atoms with Crippen LogP contribution in [-0.2, 0) is 13.3 Å². The summed E-state index contributed by atoms with van der Waals surface area (Å²) in [4.78, 5) is 0. The van der Waals surface area contributed by atoms with E-state index in [4.69, 9.17) is 13.3 Å². The highest BCUT2D eigenvalue weighted by Crippen LogP contribution is 2.36. The van der Waals surface area contributed by atoms with Gasteiger partial charge < -0.3 is 18.0 Å². The number of hydrogen-bond donors (Lipinski definition) is 0. The second-order valence-electron chi connectivity index (χ2n) is 5.39. The first-order valence-electron chi connectivity index (χ1n) is 7.07. The van der Waals surface area contributed by atoms with Crippen LogP contribution in [0.4, 0.5) is 22.0 Å². The minimum atomic E-state index is -4.80. The highest BCUT2D eigenvalue weighted by molar-refractivity contribution is 6.63. The van der Waals surface area contributed by atoms with Crippen LogP contribution >= 0.6 is 0 Å². The van der Waals surface area contributed by atoms with Gasteiger partial charge in [0.05, 0.1) is 0 Å². The molecule has 138 valence electrons. The third-order valence-corrected chi connectivity index (χ3v) is 5.56. The molecule has 0 spiro atoms. The van der Waals surface area contributed by atoms with Gasteiger partial charge in [-0.25, -0.2) is 8.78 Å². The summed E-state index contributed by atoms with van der Waals surface area (Å²) < 4.78 is 88.5. The van der Waals surface area contributed by atoms with Crippen molar-refractivity contribution in [2.24, 2.45) is 0 Å². The maximum absolute atomic E-state index is 14.6. The molecule has 0 saturated carbocycles. The number of rotatable bonds is 8. The standard InChI is InChI=1S/C14H19F5O4Si/c1-8(2)22-24(20-5,23-9(3)4)14(18,19)21-11-7-6-10(15)12(16)13(11)17/h6-9H,1-5H3. The predicted molar refractivity (Wildman–Crippen MR) is 77.1 cm³/mol. The number of ether oxygens (including phenoxy) is 1. The van der Waals surface area contributed by atoms with Crippen molar-refractivity contribution in [3.05, 3.63) is 29.6 Å². The van der Waals surface area contributed by atoms with E-state index in [1.165, 1.54) is 27.7 Å². The average molecular weight is 374 g/mol. The normalized spacial score (nSPS) is 13.0. The van der Waals surface area contributed by atoms with Crippen LogP contribution in [0, 0.1) is 17.5 Å². The van der Waals surface area contributed by atoms with Gasteiger partial charge in [0.1, 0.15) is 0 Å². The molecule has 4 nitrogen and oxygen atoms in total. The second-order valence-corrected chi connectivity index (χ2v) is 7.96. The summed E-state index contributed by atoms with van der Waals surface area (Å²) in [6.07, 6.45) is -1.45. The fourth-order valence-corrected chi connectivity index (χ4v) is 4.02. The molecule has 0 radical (unpaired) electrons. The van der Waals surface area contributed by atoms with Crippen LogP contribution in [0.5, 0.6) is 5.75 Å². The number of alkyl halides is 2. The lowest BCUT2D eigenvalue weighted by atomic mass is 10.3. The quantitative estimate of drug-likeness (QED) is 0.391. The first kappa shape index (κ1) is 20.8. The minimum Gasteiger partial charge on any atom is -0.427 e. The summed E-state index contributed by atoms with van der Waals surface area (Å²) in [6.45, 7) is 5.88. The molecule has 0 aliphatic heterocycles. The molecule has 0 aliphatic rings. The van der Waals surface area contributed by atoms with Crippen LogP contribution in [-0.4, -0.2) is 33.9 Å². The lowest BCUT2D eigenvalue weighted by molar-refractivity contribution is -0.177. The lowest BCUT2D eigenvalue weighted by Gasteiger charge is -2.35. The largest absolute Gasteiger partial charge is 0.628 e. The van der Waals surface area contributed by atoms with Crippen LogP contribution in [0.3, 0.4) is 0 Å². The van der Waals surface area contributed by atoms with Gasteiger partial charge in [-0.2, -0.15) is 13.2 Å². The summed E-state index contributed by atoms with van der Waals surface area (Å²) >= 11 is 0. The molecule has 0 aliphatic carbocycles. The summed E-state index contributed by atoms with van der Waals surface area (Å²) in [5.41, 5.74) is -4.25. The maximum Gasteiger partial charge on any atom is 0.628 e. The molecule has 1 aromatic carbocycles. The maximum atomic E-state index is 14.6. The highest BCUT2D eigenvalue weighted by Gasteiger charge is 2.69. The predicted octanol–water partition coefficient (Wildman–Crippen LogP) is 4.05. The Morgan fingerprint density at radius 2 is 1.42 bits per heavy atom. The van der Waals surface area contributed by atoms with Crippen molar-refractivity contribution in [3.63, 3.8) is 0 Å². The van der Waals surface area contributed by atoms with Crippen LogP contribution < -0.4 is 4.74 Å². The van der Waals surface area contributed by atoms with Crippen LogP contribution in [0.15, 0.2) is 12.1 Å². The Kier molecular flexibility index (Phi) is 6.73. The fraction of sp³-hybridized carbons (Fsp3) is 0.571. The van der Waals surface area contributed by atoms with E-state index in [-0.39, 0.29) is 0 Å². The van der Waals surface area contributed by atoms with Crippen molar-refractivity contribution >= 4 is 8.80 Å². The van der Waals surface area contributed by atoms with E-state index in [0.29, 0.717) is 12.1 Å². The van der Waals surface area contributed by atoms with Crippen molar-refractivity contribution in [1.29, 1.82) is 0 Å². The molecule has 0 amide bonds. The average Bonchev–Trinajstić information content (AvgIpc) is 2.46. The van der Waals surface area contributed by atoms with E-state index in [1.807, 2.05) is 0 Å². The molecule has 0 heterocycles. The molecule has 24 heavy (non-hydrogen) atoms. The molecule has 0 atom stereocenters. The number of halogens is 5. The summed E-state index contributed by atoms with van der Waals surface area (Å²) in [6, 6.07) is 1.01. The van der Waals surface area contributed by atoms with Crippen molar-refractivity contribution in [2.75, 3.05) is 7.11 Å².